The minimum Gasteiger partial charge on any atom is -0.455 e. The fourth-order valence-electron chi connectivity index (χ4n) is 10.5. The normalized spacial score (nSPS) is 12.2. The highest BCUT2D eigenvalue weighted by Crippen LogP contribution is 2.46. The third-order valence-corrected chi connectivity index (χ3v) is 14.7. The van der Waals surface area contributed by atoms with E-state index >= 15 is 0 Å². The highest BCUT2D eigenvalue weighted by atomic mass is 32.1. The third kappa shape index (κ3) is 5.03. The molecule has 0 saturated heterocycles. The van der Waals surface area contributed by atoms with Crippen molar-refractivity contribution in [2.45, 2.75) is 0 Å². The molecule has 15 rings (SSSR count). The molecule has 7 heteroatoms. The van der Waals surface area contributed by atoms with E-state index in [-0.39, 0.29) is 0 Å². The lowest BCUT2D eigenvalue weighted by Gasteiger charge is -2.13. The van der Waals surface area contributed by atoms with Gasteiger partial charge in [0.25, 0.3) is 0 Å². The van der Waals surface area contributed by atoms with Crippen molar-refractivity contribution in [1.29, 1.82) is 0 Å². The Balaban J connectivity index is 1.07. The summed E-state index contributed by atoms with van der Waals surface area (Å²) in [5.74, 6) is 1.59. The van der Waals surface area contributed by atoms with Gasteiger partial charge < -0.3 is 13.4 Å². The largest absolute Gasteiger partial charge is 0.455 e. The van der Waals surface area contributed by atoms with Gasteiger partial charge in [-0.3, -0.25) is 0 Å². The van der Waals surface area contributed by atoms with Crippen LogP contribution in [0.5, 0.6) is 0 Å². The fraction of sp³-hybridized carbons (Fsp3) is 0. The molecule has 5 aromatic heterocycles. The molecule has 306 valence electrons. The number of rotatable bonds is 4. The molecule has 0 spiro atoms. The molecular formula is C59H32N4O2S. The van der Waals surface area contributed by atoms with Crippen molar-refractivity contribution in [1.82, 2.24) is 19.5 Å². The summed E-state index contributed by atoms with van der Waals surface area (Å²) in [5.41, 5.74) is 8.87. The maximum atomic E-state index is 6.64. The average Bonchev–Trinajstić information content (AvgIpc) is 4.15. The van der Waals surface area contributed by atoms with E-state index in [9.17, 15) is 0 Å². The molecule has 10 aromatic carbocycles. The summed E-state index contributed by atoms with van der Waals surface area (Å²) in [4.78, 5) is 16.3. The van der Waals surface area contributed by atoms with E-state index in [0.717, 1.165) is 87.4 Å². The van der Waals surface area contributed by atoms with Crippen LogP contribution in [-0.4, -0.2) is 19.5 Å². The molecule has 0 radical (unpaired) electrons. The number of aromatic nitrogens is 4. The van der Waals surface area contributed by atoms with Crippen LogP contribution in [0, 0.1) is 0 Å². The summed E-state index contributed by atoms with van der Waals surface area (Å²) in [6, 6.07) is 68.5. The second-order valence-electron chi connectivity index (χ2n) is 17.0. The summed E-state index contributed by atoms with van der Waals surface area (Å²) in [7, 11) is 0. The minimum absolute atomic E-state index is 0.516. The van der Waals surface area contributed by atoms with E-state index in [1.54, 1.807) is 11.3 Å². The van der Waals surface area contributed by atoms with Gasteiger partial charge >= 0.3 is 0 Å². The van der Waals surface area contributed by atoms with Crippen LogP contribution in [0.1, 0.15) is 0 Å². The Kier molecular flexibility index (Phi) is 7.28. The maximum absolute atomic E-state index is 6.64. The van der Waals surface area contributed by atoms with Crippen molar-refractivity contribution >= 4 is 119 Å². The van der Waals surface area contributed by atoms with Crippen LogP contribution in [0.4, 0.5) is 0 Å². The first-order chi connectivity index (χ1) is 32.7. The lowest BCUT2D eigenvalue weighted by Crippen LogP contribution is -2.02. The minimum atomic E-state index is 0.516. The Labute approximate surface area is 379 Å². The Morgan fingerprint density at radius 1 is 0.364 bits per heavy atom. The number of hydrogen-bond donors (Lipinski definition) is 0. The smallest absolute Gasteiger partial charge is 0.167 e. The number of furan rings is 2. The molecule has 5 heterocycles. The zero-order valence-electron chi connectivity index (χ0n) is 35.0. The molecule has 0 amide bonds. The molecule has 66 heavy (non-hydrogen) atoms. The molecule has 0 bridgehead atoms. The molecule has 0 aliphatic carbocycles. The topological polar surface area (TPSA) is 69.9 Å². The lowest BCUT2D eigenvalue weighted by molar-refractivity contribution is 0.669. The summed E-state index contributed by atoms with van der Waals surface area (Å²) < 4.78 is 18.0. The second kappa shape index (κ2) is 13.4. The van der Waals surface area contributed by atoms with Gasteiger partial charge in [0.05, 0.1) is 22.2 Å². The van der Waals surface area contributed by atoms with Crippen molar-refractivity contribution in [2.24, 2.45) is 0 Å². The van der Waals surface area contributed by atoms with Gasteiger partial charge in [-0.25, -0.2) is 15.0 Å². The van der Waals surface area contributed by atoms with Crippen LogP contribution in [0.25, 0.3) is 147 Å². The van der Waals surface area contributed by atoms with Crippen molar-refractivity contribution in [3.05, 3.63) is 194 Å². The fourth-order valence-corrected chi connectivity index (χ4v) is 11.7. The maximum Gasteiger partial charge on any atom is 0.167 e. The summed E-state index contributed by atoms with van der Waals surface area (Å²) in [5, 5.41) is 13.8. The summed E-state index contributed by atoms with van der Waals surface area (Å²) in [6.07, 6.45) is 0. The van der Waals surface area contributed by atoms with E-state index in [1.165, 1.54) is 42.4 Å². The highest BCUT2D eigenvalue weighted by Gasteiger charge is 2.24. The van der Waals surface area contributed by atoms with Gasteiger partial charge in [-0.15, -0.1) is 11.3 Å². The van der Waals surface area contributed by atoms with Gasteiger partial charge in [-0.1, -0.05) is 140 Å². The molecule has 15 aromatic rings. The van der Waals surface area contributed by atoms with Crippen LogP contribution in [0.3, 0.4) is 0 Å². The average molecular weight is 861 g/mol. The number of benzene rings is 10. The van der Waals surface area contributed by atoms with E-state index in [0.29, 0.717) is 17.5 Å². The standard InChI is InChI=1S/C59H32N4O2S/c1-3-15-36-33(13-1)27-29-47-52(36)53-37-16-4-2-14-34(37)28-30-48(53)63(47)35-31-45-40-19-7-10-26-51(40)66-56(45)46(32-35)59-61-57(43-22-11-20-41-38-17-5-8-24-49(38)64-54(41)43)60-58(62-59)44-23-12-21-42-39-18-6-9-25-50(39)65-55(42)44/h1-32H. The summed E-state index contributed by atoms with van der Waals surface area (Å²) in [6.45, 7) is 0. The number of fused-ring (bicyclic) bond motifs is 16. The van der Waals surface area contributed by atoms with Gasteiger partial charge in [-0.2, -0.15) is 0 Å². The number of thiophene rings is 1. The Hall–Kier alpha value is -8.65. The van der Waals surface area contributed by atoms with Crippen LogP contribution in [0.15, 0.2) is 203 Å². The Bertz CT molecular complexity index is 4330. The molecule has 0 saturated carbocycles. The first-order valence-corrected chi connectivity index (χ1v) is 22.9. The van der Waals surface area contributed by atoms with Crippen molar-refractivity contribution in [3.63, 3.8) is 0 Å². The molecule has 0 N–H and O–H groups in total. The van der Waals surface area contributed by atoms with Gasteiger partial charge in [0.15, 0.2) is 17.5 Å². The molecule has 0 unspecified atom stereocenters. The van der Waals surface area contributed by atoms with Gasteiger partial charge in [0.1, 0.15) is 22.3 Å². The second-order valence-corrected chi connectivity index (χ2v) is 18.1. The van der Waals surface area contributed by atoms with Gasteiger partial charge in [-0.05, 0) is 76.1 Å². The first-order valence-electron chi connectivity index (χ1n) is 22.1. The number of nitrogens with zero attached hydrogens (tertiary/aromatic N) is 4. The van der Waals surface area contributed by atoms with Crippen molar-refractivity contribution < 1.29 is 8.83 Å². The van der Waals surface area contributed by atoms with Crippen LogP contribution in [0.2, 0.25) is 0 Å². The van der Waals surface area contributed by atoms with Crippen LogP contribution >= 0.6 is 11.3 Å². The Morgan fingerprint density at radius 3 is 1.41 bits per heavy atom. The van der Waals surface area contributed by atoms with Gasteiger partial charge in [0.2, 0.25) is 0 Å². The van der Waals surface area contributed by atoms with Crippen LogP contribution < -0.4 is 0 Å². The number of hydrogen-bond acceptors (Lipinski definition) is 6. The molecule has 6 nitrogen and oxygen atoms in total. The Morgan fingerprint density at radius 2 is 0.833 bits per heavy atom. The predicted molar refractivity (Wildman–Crippen MR) is 273 cm³/mol. The molecule has 0 aliphatic heterocycles. The zero-order chi connectivity index (χ0) is 43.0. The third-order valence-electron chi connectivity index (χ3n) is 13.4. The van der Waals surface area contributed by atoms with Crippen molar-refractivity contribution in [3.8, 4) is 39.9 Å². The molecule has 0 fully saturated rings. The highest BCUT2D eigenvalue weighted by molar-refractivity contribution is 7.26. The van der Waals surface area contributed by atoms with E-state index < -0.39 is 0 Å². The van der Waals surface area contributed by atoms with E-state index in [1.807, 2.05) is 48.5 Å². The molecule has 0 aliphatic rings. The van der Waals surface area contributed by atoms with Crippen LogP contribution in [-0.2, 0) is 0 Å². The molecular weight excluding hydrogens is 829 g/mol. The quantitative estimate of drug-likeness (QED) is 0.176. The lowest BCUT2D eigenvalue weighted by atomic mass is 10.00. The monoisotopic (exact) mass is 860 g/mol. The number of para-hydroxylation sites is 4. The van der Waals surface area contributed by atoms with Crippen molar-refractivity contribution in [2.75, 3.05) is 0 Å². The van der Waals surface area contributed by atoms with E-state index in [4.69, 9.17) is 23.8 Å². The first kappa shape index (κ1) is 35.8. The zero-order valence-corrected chi connectivity index (χ0v) is 35.8. The molecule has 0 atom stereocenters. The SMILES string of the molecule is c1ccc2c(c1)ccc1c2c2c3ccccc3ccc2n1-c1cc(-c2nc(-c3cccc4c3oc3ccccc34)nc(-c3cccc4c3oc3ccccc34)n2)c2sc3ccccc3c2c1. The predicted octanol–water partition coefficient (Wildman–Crippen LogP) is 16.4. The summed E-state index contributed by atoms with van der Waals surface area (Å²) >= 11 is 1.77. The van der Waals surface area contributed by atoms with Gasteiger partial charge in [0, 0.05) is 63.7 Å². The van der Waals surface area contributed by atoms with E-state index in [2.05, 4.69) is 150 Å².